The molecule has 0 aromatic heterocycles. The highest BCUT2D eigenvalue weighted by atomic mass is 32.2. The summed E-state index contributed by atoms with van der Waals surface area (Å²) >= 11 is 1.65. The molecule has 0 fully saturated rings. The van der Waals surface area contributed by atoms with Gasteiger partial charge in [-0.3, -0.25) is 4.79 Å². The lowest BCUT2D eigenvalue weighted by atomic mass is 9.99. The molecule has 0 bridgehead atoms. The van der Waals surface area contributed by atoms with Gasteiger partial charge in [-0.05, 0) is 18.2 Å². The zero-order valence-electron chi connectivity index (χ0n) is 16.1. The third kappa shape index (κ3) is 2.73. The standard InChI is InChI=1S/C24H19NO3S/c1-27-18-12-7-10-16(23(18)28-2)24-20-21(14-8-3-4-9-15(14)22(20)26)25-17-11-5-6-13-19(17)29-24/h3-13,24-25H,1-2H3/t24-/m0/s1. The highest BCUT2D eigenvalue weighted by Crippen LogP contribution is 2.54. The van der Waals surface area contributed by atoms with Gasteiger partial charge < -0.3 is 14.8 Å². The van der Waals surface area contributed by atoms with Crippen LogP contribution in [0.25, 0.3) is 5.70 Å². The van der Waals surface area contributed by atoms with E-state index in [-0.39, 0.29) is 11.0 Å². The third-order valence-corrected chi connectivity index (χ3v) is 6.66. The molecule has 2 aliphatic rings. The SMILES string of the molecule is COc1cccc([C@@H]2Sc3ccccc3NC3=C2C(=O)c2ccccc23)c1OC. The summed E-state index contributed by atoms with van der Waals surface area (Å²) in [6.07, 6.45) is 0. The van der Waals surface area contributed by atoms with E-state index in [4.69, 9.17) is 9.47 Å². The van der Waals surface area contributed by atoms with Crippen LogP contribution in [0.4, 0.5) is 5.69 Å². The lowest BCUT2D eigenvalue weighted by Crippen LogP contribution is -2.09. The maximum Gasteiger partial charge on any atom is 0.193 e. The summed E-state index contributed by atoms with van der Waals surface area (Å²) in [6, 6.07) is 21.7. The van der Waals surface area contributed by atoms with E-state index in [1.165, 1.54) is 0 Å². The Hall–Kier alpha value is -3.18. The topological polar surface area (TPSA) is 47.6 Å². The fourth-order valence-electron chi connectivity index (χ4n) is 4.02. The number of carbonyl (C=O) groups excluding carboxylic acids is 1. The Morgan fingerprint density at radius 3 is 2.41 bits per heavy atom. The van der Waals surface area contributed by atoms with Gasteiger partial charge in [0.15, 0.2) is 17.3 Å². The summed E-state index contributed by atoms with van der Waals surface area (Å²) in [4.78, 5) is 14.6. The van der Waals surface area contributed by atoms with Crippen LogP contribution >= 0.6 is 11.8 Å². The van der Waals surface area contributed by atoms with E-state index in [2.05, 4.69) is 11.4 Å². The molecule has 5 heteroatoms. The Balaban J connectivity index is 1.77. The van der Waals surface area contributed by atoms with Gasteiger partial charge in [0, 0.05) is 27.2 Å². The minimum absolute atomic E-state index is 0.0540. The Kier molecular flexibility index (Phi) is 4.32. The van der Waals surface area contributed by atoms with Gasteiger partial charge in [0.25, 0.3) is 0 Å². The number of anilines is 1. The number of ether oxygens (including phenoxy) is 2. The first-order valence-corrected chi connectivity index (χ1v) is 10.2. The number of benzene rings is 3. The van der Waals surface area contributed by atoms with Gasteiger partial charge in [-0.15, -0.1) is 11.8 Å². The van der Waals surface area contributed by atoms with Crippen molar-refractivity contribution in [3.05, 3.63) is 89.0 Å². The number of carbonyl (C=O) groups is 1. The van der Waals surface area contributed by atoms with E-state index in [0.29, 0.717) is 11.5 Å². The molecule has 0 radical (unpaired) electrons. The van der Waals surface area contributed by atoms with Gasteiger partial charge in [0.1, 0.15) is 0 Å². The molecule has 4 nitrogen and oxygen atoms in total. The molecule has 0 saturated heterocycles. The second-order valence-corrected chi connectivity index (χ2v) is 8.01. The van der Waals surface area contributed by atoms with Crippen molar-refractivity contribution >= 4 is 28.9 Å². The molecule has 0 saturated carbocycles. The Labute approximate surface area is 173 Å². The Morgan fingerprint density at radius 1 is 0.862 bits per heavy atom. The van der Waals surface area contributed by atoms with Crippen molar-refractivity contribution in [2.45, 2.75) is 10.1 Å². The lowest BCUT2D eigenvalue weighted by molar-refractivity contribution is 0.103. The van der Waals surface area contributed by atoms with E-state index in [1.54, 1.807) is 26.0 Å². The van der Waals surface area contributed by atoms with Crippen molar-refractivity contribution in [1.82, 2.24) is 0 Å². The highest BCUT2D eigenvalue weighted by molar-refractivity contribution is 8.00. The minimum atomic E-state index is -0.230. The Bertz CT molecular complexity index is 1170. The normalized spacial score (nSPS) is 17.0. The molecule has 0 spiro atoms. The maximum atomic E-state index is 13.5. The molecular weight excluding hydrogens is 382 g/mol. The van der Waals surface area contributed by atoms with Crippen LogP contribution in [0.3, 0.4) is 0 Å². The van der Waals surface area contributed by atoms with Crippen LogP contribution in [0.1, 0.15) is 26.7 Å². The van der Waals surface area contributed by atoms with Crippen molar-refractivity contribution in [2.75, 3.05) is 19.5 Å². The molecule has 1 aliphatic carbocycles. The molecule has 3 aromatic carbocycles. The molecule has 1 heterocycles. The van der Waals surface area contributed by atoms with E-state index in [1.807, 2.05) is 60.7 Å². The number of hydrogen-bond donors (Lipinski definition) is 1. The van der Waals surface area contributed by atoms with Gasteiger partial charge in [-0.25, -0.2) is 0 Å². The highest BCUT2D eigenvalue weighted by Gasteiger charge is 2.39. The van der Waals surface area contributed by atoms with Gasteiger partial charge in [0.05, 0.1) is 30.9 Å². The number of methoxy groups -OCH3 is 2. The number of para-hydroxylation sites is 2. The van der Waals surface area contributed by atoms with Crippen LogP contribution in [0.5, 0.6) is 11.5 Å². The molecular formula is C24H19NO3S. The van der Waals surface area contributed by atoms with E-state index >= 15 is 0 Å². The number of hydrogen-bond acceptors (Lipinski definition) is 5. The summed E-state index contributed by atoms with van der Waals surface area (Å²) in [6.45, 7) is 0. The van der Waals surface area contributed by atoms with Crippen LogP contribution in [0.15, 0.2) is 77.2 Å². The van der Waals surface area contributed by atoms with Crippen molar-refractivity contribution in [2.24, 2.45) is 0 Å². The number of nitrogens with one attached hydrogen (secondary N) is 1. The molecule has 144 valence electrons. The van der Waals surface area contributed by atoms with E-state index < -0.39 is 0 Å². The fourth-order valence-corrected chi connectivity index (χ4v) is 5.33. The molecule has 3 aromatic rings. The predicted molar refractivity (Wildman–Crippen MR) is 116 cm³/mol. The van der Waals surface area contributed by atoms with Crippen LogP contribution in [0, 0.1) is 0 Å². The van der Waals surface area contributed by atoms with Crippen molar-refractivity contribution in [1.29, 1.82) is 0 Å². The van der Waals surface area contributed by atoms with Crippen molar-refractivity contribution < 1.29 is 14.3 Å². The average molecular weight is 401 g/mol. The summed E-state index contributed by atoms with van der Waals surface area (Å²) in [5.74, 6) is 1.36. The largest absolute Gasteiger partial charge is 0.493 e. The van der Waals surface area contributed by atoms with Crippen LogP contribution < -0.4 is 14.8 Å². The third-order valence-electron chi connectivity index (χ3n) is 5.32. The molecule has 0 amide bonds. The first kappa shape index (κ1) is 17.9. The number of thioether (sulfide) groups is 1. The van der Waals surface area contributed by atoms with Gasteiger partial charge in [-0.1, -0.05) is 48.5 Å². The van der Waals surface area contributed by atoms with Gasteiger partial charge in [-0.2, -0.15) is 0 Å². The smallest absolute Gasteiger partial charge is 0.193 e. The number of rotatable bonds is 3. The average Bonchev–Trinajstić information content (AvgIpc) is 2.93. The second kappa shape index (κ2) is 7.01. The minimum Gasteiger partial charge on any atom is -0.493 e. The molecule has 5 rings (SSSR count). The maximum absolute atomic E-state index is 13.5. The molecule has 0 unspecified atom stereocenters. The van der Waals surface area contributed by atoms with Crippen molar-refractivity contribution in [3.8, 4) is 11.5 Å². The van der Waals surface area contributed by atoms with Crippen LogP contribution in [0.2, 0.25) is 0 Å². The monoisotopic (exact) mass is 401 g/mol. The molecule has 1 N–H and O–H groups in total. The second-order valence-electron chi connectivity index (χ2n) is 6.87. The van der Waals surface area contributed by atoms with E-state index in [9.17, 15) is 4.79 Å². The van der Waals surface area contributed by atoms with Crippen molar-refractivity contribution in [3.63, 3.8) is 0 Å². The number of fused-ring (bicyclic) bond motifs is 3. The Morgan fingerprint density at radius 2 is 1.62 bits per heavy atom. The first-order valence-electron chi connectivity index (χ1n) is 9.34. The van der Waals surface area contributed by atoms with E-state index in [0.717, 1.165) is 38.5 Å². The molecule has 29 heavy (non-hydrogen) atoms. The van der Waals surface area contributed by atoms with Crippen LogP contribution in [-0.4, -0.2) is 20.0 Å². The lowest BCUT2D eigenvalue weighted by Gasteiger charge is -2.21. The zero-order valence-corrected chi connectivity index (χ0v) is 16.9. The number of Topliss-reactive ketones (excluding diaryl/α,β-unsaturated/α-hetero) is 1. The molecule has 1 aliphatic heterocycles. The van der Waals surface area contributed by atoms with Gasteiger partial charge in [0.2, 0.25) is 0 Å². The fraction of sp³-hybridized carbons (Fsp3) is 0.125. The van der Waals surface area contributed by atoms with Gasteiger partial charge >= 0.3 is 0 Å². The van der Waals surface area contributed by atoms with Crippen LogP contribution in [-0.2, 0) is 0 Å². The first-order chi connectivity index (χ1) is 14.2. The summed E-state index contributed by atoms with van der Waals surface area (Å²) in [5, 5.41) is 3.31. The quantitative estimate of drug-likeness (QED) is 0.622. The number of ketones is 1. The zero-order chi connectivity index (χ0) is 20.0. The summed E-state index contributed by atoms with van der Waals surface area (Å²) < 4.78 is 11.2. The summed E-state index contributed by atoms with van der Waals surface area (Å²) in [7, 11) is 3.26. The summed E-state index contributed by atoms with van der Waals surface area (Å²) in [5.41, 5.74) is 5.22. The predicted octanol–water partition coefficient (Wildman–Crippen LogP) is 5.57. The molecule has 1 atom stereocenters.